The van der Waals surface area contributed by atoms with Crippen molar-refractivity contribution >= 4 is 29.5 Å². The first-order chi connectivity index (χ1) is 15.1. The lowest BCUT2D eigenvalue weighted by molar-refractivity contribution is 0.0958. The second kappa shape index (κ2) is 9.84. The van der Waals surface area contributed by atoms with Crippen LogP contribution >= 0.6 is 12.1 Å². The number of nitrogens with zero attached hydrogens (tertiary/aromatic N) is 4. The molecule has 2 aromatic heterocycles. The van der Waals surface area contributed by atoms with E-state index in [0.717, 1.165) is 43.4 Å². The molecule has 4 rings (SSSR count). The molecule has 9 heteroatoms. The molecule has 1 amide bonds. The number of fused-ring (bicyclic) bond motifs is 2. The van der Waals surface area contributed by atoms with Gasteiger partial charge in [-0.3, -0.25) is 9.69 Å². The summed E-state index contributed by atoms with van der Waals surface area (Å²) >= 11 is 1.46. The number of hydrogen-bond donors (Lipinski definition) is 3. The molecule has 2 bridgehead atoms. The molecule has 166 valence electrons. The molecule has 0 radical (unpaired) electrons. The SMILES string of the molecule is CCNSNc1cc(CN2C3CCC2CN(c2ccc(C(=O)NC)nc2C)C3)ccn1. The highest BCUT2D eigenvalue weighted by Crippen LogP contribution is 2.34. The van der Waals surface area contributed by atoms with Crippen molar-refractivity contribution in [2.75, 3.05) is 36.3 Å². The smallest absolute Gasteiger partial charge is 0.269 e. The van der Waals surface area contributed by atoms with Crippen LogP contribution in [0.15, 0.2) is 30.5 Å². The van der Waals surface area contributed by atoms with Gasteiger partial charge < -0.3 is 14.9 Å². The fourth-order valence-corrected chi connectivity index (χ4v) is 5.02. The summed E-state index contributed by atoms with van der Waals surface area (Å²) in [4.78, 5) is 25.9. The lowest BCUT2D eigenvalue weighted by Gasteiger charge is -2.42. The van der Waals surface area contributed by atoms with E-state index in [1.54, 1.807) is 7.05 Å². The first kappa shape index (κ1) is 21.9. The van der Waals surface area contributed by atoms with Crippen LogP contribution < -0.4 is 19.7 Å². The number of nitrogens with one attached hydrogen (secondary N) is 3. The number of hydrogen-bond acceptors (Lipinski definition) is 8. The van der Waals surface area contributed by atoms with Crippen molar-refractivity contribution in [2.24, 2.45) is 0 Å². The van der Waals surface area contributed by atoms with Crippen molar-refractivity contribution in [3.8, 4) is 0 Å². The van der Waals surface area contributed by atoms with Gasteiger partial charge in [0.15, 0.2) is 0 Å². The van der Waals surface area contributed by atoms with E-state index in [1.807, 2.05) is 25.3 Å². The van der Waals surface area contributed by atoms with Gasteiger partial charge in [0.2, 0.25) is 0 Å². The van der Waals surface area contributed by atoms with E-state index in [9.17, 15) is 4.79 Å². The number of piperazine rings is 1. The summed E-state index contributed by atoms with van der Waals surface area (Å²) in [6.07, 6.45) is 4.32. The maximum Gasteiger partial charge on any atom is 0.269 e. The topological polar surface area (TPSA) is 85.4 Å². The summed E-state index contributed by atoms with van der Waals surface area (Å²) < 4.78 is 6.43. The van der Waals surface area contributed by atoms with Crippen molar-refractivity contribution in [3.05, 3.63) is 47.4 Å². The van der Waals surface area contributed by atoms with Crippen LogP contribution in [0.4, 0.5) is 11.5 Å². The Kier molecular flexibility index (Phi) is 6.94. The molecule has 0 aromatic carbocycles. The number of aryl methyl sites for hydroxylation is 1. The molecule has 3 N–H and O–H groups in total. The molecule has 0 saturated carbocycles. The number of carbonyl (C=O) groups is 1. The van der Waals surface area contributed by atoms with E-state index in [1.165, 1.54) is 30.5 Å². The van der Waals surface area contributed by atoms with E-state index in [-0.39, 0.29) is 5.91 Å². The highest BCUT2D eigenvalue weighted by Gasteiger charge is 2.40. The summed E-state index contributed by atoms with van der Waals surface area (Å²) in [5, 5.41) is 2.64. The zero-order valence-corrected chi connectivity index (χ0v) is 19.2. The lowest BCUT2D eigenvalue weighted by Crippen LogP contribution is -2.53. The van der Waals surface area contributed by atoms with Crippen LogP contribution in [0.3, 0.4) is 0 Å². The molecule has 0 aliphatic carbocycles. The van der Waals surface area contributed by atoms with Gasteiger partial charge in [0, 0.05) is 63.6 Å². The van der Waals surface area contributed by atoms with Crippen molar-refractivity contribution in [1.82, 2.24) is 24.9 Å². The quantitative estimate of drug-likeness (QED) is 0.426. The summed E-state index contributed by atoms with van der Waals surface area (Å²) in [5.41, 5.74) is 3.81. The maximum atomic E-state index is 11.9. The Labute approximate surface area is 188 Å². The van der Waals surface area contributed by atoms with Gasteiger partial charge in [-0.1, -0.05) is 6.92 Å². The van der Waals surface area contributed by atoms with Crippen LogP contribution in [0.5, 0.6) is 0 Å². The third-order valence-corrected chi connectivity index (χ3v) is 6.80. The van der Waals surface area contributed by atoms with Crippen molar-refractivity contribution in [1.29, 1.82) is 0 Å². The Balaban J connectivity index is 1.42. The van der Waals surface area contributed by atoms with Gasteiger partial charge in [-0.2, -0.15) is 0 Å². The second-order valence-corrected chi connectivity index (χ2v) is 8.79. The number of pyridine rings is 2. The van der Waals surface area contributed by atoms with Gasteiger partial charge in [-0.25, -0.2) is 14.7 Å². The molecule has 2 aliphatic heterocycles. The molecule has 31 heavy (non-hydrogen) atoms. The van der Waals surface area contributed by atoms with Gasteiger partial charge in [0.25, 0.3) is 5.91 Å². The molecule has 2 unspecified atom stereocenters. The zero-order chi connectivity index (χ0) is 21.8. The minimum Gasteiger partial charge on any atom is -0.367 e. The van der Waals surface area contributed by atoms with Crippen LogP contribution in [0.1, 0.15) is 41.5 Å². The fourth-order valence-electron chi connectivity index (χ4n) is 4.59. The Morgan fingerprint density at radius 3 is 2.68 bits per heavy atom. The van der Waals surface area contributed by atoms with Crippen molar-refractivity contribution in [3.63, 3.8) is 0 Å². The van der Waals surface area contributed by atoms with Crippen LogP contribution in [-0.4, -0.2) is 59.5 Å². The normalized spacial score (nSPS) is 20.7. The Bertz CT molecular complexity index is 910. The molecular formula is C22H31N7OS. The van der Waals surface area contributed by atoms with Gasteiger partial charge in [0.1, 0.15) is 11.5 Å². The molecule has 2 atom stereocenters. The van der Waals surface area contributed by atoms with E-state index in [4.69, 9.17) is 0 Å². The average Bonchev–Trinajstić information content (AvgIpc) is 3.00. The monoisotopic (exact) mass is 441 g/mol. The zero-order valence-electron chi connectivity index (χ0n) is 18.4. The fraction of sp³-hybridized carbons (Fsp3) is 0.500. The lowest BCUT2D eigenvalue weighted by atomic mass is 10.1. The number of carbonyl (C=O) groups excluding carboxylic acids is 1. The van der Waals surface area contributed by atoms with Gasteiger partial charge in [-0.05, 0) is 49.6 Å². The number of amides is 1. The molecular weight excluding hydrogens is 410 g/mol. The molecule has 2 fully saturated rings. The van der Waals surface area contributed by atoms with Gasteiger partial charge >= 0.3 is 0 Å². The van der Waals surface area contributed by atoms with E-state index in [2.05, 4.69) is 53.6 Å². The van der Waals surface area contributed by atoms with E-state index >= 15 is 0 Å². The molecule has 2 aliphatic rings. The molecule has 4 heterocycles. The Morgan fingerprint density at radius 1 is 1.23 bits per heavy atom. The Morgan fingerprint density at radius 2 is 2.00 bits per heavy atom. The molecule has 2 saturated heterocycles. The second-order valence-electron chi connectivity index (χ2n) is 8.09. The highest BCUT2D eigenvalue weighted by molar-refractivity contribution is 7.98. The maximum absolute atomic E-state index is 11.9. The molecule has 2 aromatic rings. The third-order valence-electron chi connectivity index (χ3n) is 6.05. The van der Waals surface area contributed by atoms with Crippen LogP contribution in [-0.2, 0) is 6.54 Å². The van der Waals surface area contributed by atoms with E-state index in [0.29, 0.717) is 17.8 Å². The largest absolute Gasteiger partial charge is 0.367 e. The summed E-state index contributed by atoms with van der Waals surface area (Å²) in [6, 6.07) is 9.18. The van der Waals surface area contributed by atoms with Gasteiger partial charge in [0.05, 0.1) is 11.4 Å². The minimum absolute atomic E-state index is 0.144. The average molecular weight is 442 g/mol. The van der Waals surface area contributed by atoms with Crippen LogP contribution in [0, 0.1) is 6.92 Å². The van der Waals surface area contributed by atoms with Gasteiger partial charge in [-0.15, -0.1) is 0 Å². The summed E-state index contributed by atoms with van der Waals surface area (Å²) in [5.74, 6) is 0.738. The third kappa shape index (κ3) is 4.94. The first-order valence-corrected chi connectivity index (χ1v) is 11.7. The number of rotatable bonds is 8. The van der Waals surface area contributed by atoms with Crippen molar-refractivity contribution < 1.29 is 4.79 Å². The van der Waals surface area contributed by atoms with Crippen LogP contribution in [0.2, 0.25) is 0 Å². The minimum atomic E-state index is -0.144. The van der Waals surface area contributed by atoms with Crippen LogP contribution in [0.25, 0.3) is 0 Å². The molecule has 0 spiro atoms. The number of aromatic nitrogens is 2. The first-order valence-electron chi connectivity index (χ1n) is 10.9. The Hall–Kier alpha value is -2.36. The predicted octanol–water partition coefficient (Wildman–Crippen LogP) is 2.58. The molecule has 8 nitrogen and oxygen atoms in total. The van der Waals surface area contributed by atoms with Crippen molar-refractivity contribution in [2.45, 2.75) is 45.3 Å². The predicted molar refractivity (Wildman–Crippen MR) is 126 cm³/mol. The highest BCUT2D eigenvalue weighted by atomic mass is 32.2. The van der Waals surface area contributed by atoms with E-state index < -0.39 is 0 Å². The summed E-state index contributed by atoms with van der Waals surface area (Å²) in [6.45, 7) is 7.89. The standard InChI is InChI=1S/C22H31N7OS/c1-4-25-31-27-21-11-16(9-10-24-21)12-29-17-5-6-18(29)14-28(13-17)20-8-7-19(22(30)23-3)26-15(20)2/h7-11,17-18,25H,4-6,12-14H2,1-3H3,(H,23,30)(H,24,27). The summed E-state index contributed by atoms with van der Waals surface area (Å²) in [7, 11) is 1.63. The number of anilines is 2.